The average Bonchev–Trinajstić information content (AvgIpc) is 2.87. The van der Waals surface area contributed by atoms with Gasteiger partial charge in [-0.15, -0.1) is 22.7 Å². The quantitative estimate of drug-likeness (QED) is 0.848. The van der Waals surface area contributed by atoms with Gasteiger partial charge in [0.2, 0.25) is 10.0 Å². The molecular weight excluding hydrogens is 274 g/mol. The van der Waals surface area contributed by atoms with Crippen LogP contribution in [0.2, 0.25) is 0 Å². The second-order valence-electron chi connectivity index (χ2n) is 3.69. The van der Waals surface area contributed by atoms with E-state index >= 15 is 0 Å². The third-order valence-corrected chi connectivity index (χ3v) is 5.21. The van der Waals surface area contributed by atoms with E-state index in [1.165, 1.54) is 10.6 Å². The molecule has 0 aromatic carbocycles. The van der Waals surface area contributed by atoms with Gasteiger partial charge in [-0.3, -0.25) is 0 Å². The molecule has 6 heteroatoms. The highest BCUT2D eigenvalue weighted by atomic mass is 32.2. The molecule has 0 unspecified atom stereocenters. The normalized spacial score (nSPS) is 12.1. The van der Waals surface area contributed by atoms with E-state index in [1.54, 1.807) is 22.7 Å². The van der Waals surface area contributed by atoms with Crippen molar-refractivity contribution in [1.82, 2.24) is 4.31 Å². The van der Waals surface area contributed by atoms with Crippen molar-refractivity contribution < 1.29 is 8.42 Å². The maximum absolute atomic E-state index is 11.7. The number of rotatable bonds is 5. The van der Waals surface area contributed by atoms with Crippen LogP contribution in [0.5, 0.6) is 0 Å². The molecule has 0 aliphatic carbocycles. The van der Waals surface area contributed by atoms with Crippen molar-refractivity contribution in [2.24, 2.45) is 0 Å². The lowest BCUT2D eigenvalue weighted by molar-refractivity contribution is 0.411. The van der Waals surface area contributed by atoms with Crippen LogP contribution in [0, 0.1) is 0 Å². The Labute approximate surface area is 109 Å². The monoisotopic (exact) mass is 287 g/mol. The summed E-state index contributed by atoms with van der Waals surface area (Å²) in [5, 5.41) is 3.92. The predicted molar refractivity (Wildman–Crippen MR) is 72.7 cm³/mol. The summed E-state index contributed by atoms with van der Waals surface area (Å²) in [6, 6.07) is 7.78. The van der Waals surface area contributed by atoms with Crippen molar-refractivity contribution in [3.8, 4) is 0 Å². The first-order valence-corrected chi connectivity index (χ1v) is 8.66. The minimum Gasteiger partial charge on any atom is -0.212 e. The van der Waals surface area contributed by atoms with Crippen LogP contribution in [0.4, 0.5) is 0 Å². The van der Waals surface area contributed by atoms with Gasteiger partial charge in [-0.05, 0) is 22.9 Å². The second kappa shape index (κ2) is 5.30. The van der Waals surface area contributed by atoms with Gasteiger partial charge in [-0.25, -0.2) is 8.42 Å². The first kappa shape index (κ1) is 12.8. The minimum atomic E-state index is -3.17. The molecule has 0 amide bonds. The van der Waals surface area contributed by atoms with Crippen LogP contribution in [0.3, 0.4) is 0 Å². The predicted octanol–water partition coefficient (Wildman–Crippen LogP) is 2.77. The molecule has 0 saturated heterocycles. The van der Waals surface area contributed by atoms with Crippen molar-refractivity contribution in [2.75, 3.05) is 6.26 Å². The van der Waals surface area contributed by atoms with Gasteiger partial charge in [-0.2, -0.15) is 4.31 Å². The Morgan fingerprint density at radius 2 is 1.53 bits per heavy atom. The molecule has 0 bridgehead atoms. The molecule has 0 aliphatic heterocycles. The van der Waals surface area contributed by atoms with Gasteiger partial charge in [0.1, 0.15) is 0 Å². The second-order valence-corrected chi connectivity index (χ2v) is 7.74. The number of hydrogen-bond donors (Lipinski definition) is 0. The maximum Gasteiger partial charge on any atom is 0.211 e. The number of thiophene rings is 2. The summed E-state index contributed by atoms with van der Waals surface area (Å²) in [5.74, 6) is 0. The van der Waals surface area contributed by atoms with Crippen molar-refractivity contribution >= 4 is 32.7 Å². The molecule has 2 rings (SSSR count). The lowest BCUT2D eigenvalue weighted by Crippen LogP contribution is -2.28. The molecule has 2 aromatic heterocycles. The van der Waals surface area contributed by atoms with Gasteiger partial charge in [0.05, 0.1) is 6.26 Å². The van der Waals surface area contributed by atoms with Crippen LogP contribution in [0.15, 0.2) is 35.0 Å². The Kier molecular flexibility index (Phi) is 3.98. The Bertz CT molecular complexity index is 507. The molecule has 0 saturated carbocycles. The summed E-state index contributed by atoms with van der Waals surface area (Å²) in [4.78, 5) is 2.12. The maximum atomic E-state index is 11.7. The summed E-state index contributed by atoms with van der Waals surface area (Å²) < 4.78 is 24.9. The molecule has 2 heterocycles. The van der Waals surface area contributed by atoms with E-state index in [1.807, 2.05) is 35.0 Å². The van der Waals surface area contributed by atoms with Crippen LogP contribution in [-0.2, 0) is 23.1 Å². The van der Waals surface area contributed by atoms with Gasteiger partial charge < -0.3 is 0 Å². The van der Waals surface area contributed by atoms with Crippen molar-refractivity contribution in [3.63, 3.8) is 0 Å². The Morgan fingerprint density at radius 3 is 1.82 bits per heavy atom. The van der Waals surface area contributed by atoms with E-state index in [-0.39, 0.29) is 0 Å². The zero-order chi connectivity index (χ0) is 12.3. The highest BCUT2D eigenvalue weighted by Crippen LogP contribution is 2.19. The fourth-order valence-electron chi connectivity index (χ4n) is 1.44. The van der Waals surface area contributed by atoms with E-state index in [4.69, 9.17) is 0 Å². The van der Waals surface area contributed by atoms with Crippen LogP contribution in [0.25, 0.3) is 0 Å². The van der Waals surface area contributed by atoms with E-state index in [0.29, 0.717) is 13.1 Å². The van der Waals surface area contributed by atoms with Gasteiger partial charge in [0.25, 0.3) is 0 Å². The molecule has 92 valence electrons. The molecule has 0 fully saturated rings. The molecule has 3 nitrogen and oxygen atoms in total. The zero-order valence-corrected chi connectivity index (χ0v) is 11.8. The summed E-state index contributed by atoms with van der Waals surface area (Å²) in [6.45, 7) is 0.906. The molecule has 0 radical (unpaired) electrons. The molecular formula is C11H13NO2S3. The molecule has 0 atom stereocenters. The number of hydrogen-bond acceptors (Lipinski definition) is 4. The van der Waals surface area contributed by atoms with E-state index < -0.39 is 10.0 Å². The molecule has 17 heavy (non-hydrogen) atoms. The van der Waals surface area contributed by atoms with Gasteiger partial charge in [0.15, 0.2) is 0 Å². The smallest absolute Gasteiger partial charge is 0.211 e. The average molecular weight is 287 g/mol. The van der Waals surface area contributed by atoms with Crippen LogP contribution >= 0.6 is 22.7 Å². The Morgan fingerprint density at radius 1 is 1.06 bits per heavy atom. The SMILES string of the molecule is CS(=O)(=O)N(Cc1cccs1)Cc1cccs1. The fraction of sp³-hybridized carbons (Fsp3) is 0.273. The van der Waals surface area contributed by atoms with Crippen LogP contribution < -0.4 is 0 Å². The van der Waals surface area contributed by atoms with Gasteiger partial charge in [-0.1, -0.05) is 12.1 Å². The third-order valence-electron chi connectivity index (χ3n) is 2.29. The summed E-state index contributed by atoms with van der Waals surface area (Å²) in [7, 11) is -3.17. The van der Waals surface area contributed by atoms with Crippen molar-refractivity contribution in [2.45, 2.75) is 13.1 Å². The lowest BCUT2D eigenvalue weighted by atomic mass is 10.4. The fourth-order valence-corrected chi connectivity index (χ4v) is 3.79. The molecule has 0 N–H and O–H groups in total. The van der Waals surface area contributed by atoms with E-state index in [0.717, 1.165) is 9.75 Å². The largest absolute Gasteiger partial charge is 0.212 e. The lowest BCUT2D eigenvalue weighted by Gasteiger charge is -2.18. The Hall–Kier alpha value is -0.690. The van der Waals surface area contributed by atoms with Crippen molar-refractivity contribution in [3.05, 3.63) is 44.8 Å². The standard InChI is InChI=1S/C11H13NO2S3/c1-17(13,14)12(8-10-4-2-6-15-10)9-11-5-3-7-16-11/h2-7H,8-9H2,1H3. The van der Waals surface area contributed by atoms with E-state index in [2.05, 4.69) is 0 Å². The van der Waals surface area contributed by atoms with Crippen LogP contribution in [0.1, 0.15) is 9.75 Å². The Balaban J connectivity index is 2.15. The van der Waals surface area contributed by atoms with Crippen LogP contribution in [-0.4, -0.2) is 19.0 Å². The topological polar surface area (TPSA) is 37.4 Å². The first-order valence-electron chi connectivity index (χ1n) is 5.05. The first-order chi connectivity index (χ1) is 8.05. The highest BCUT2D eigenvalue weighted by molar-refractivity contribution is 7.88. The van der Waals surface area contributed by atoms with Crippen molar-refractivity contribution in [1.29, 1.82) is 0 Å². The summed E-state index contributed by atoms with van der Waals surface area (Å²) in [6.07, 6.45) is 1.26. The van der Waals surface area contributed by atoms with E-state index in [9.17, 15) is 8.42 Å². The highest BCUT2D eigenvalue weighted by Gasteiger charge is 2.18. The van der Waals surface area contributed by atoms with Gasteiger partial charge in [0, 0.05) is 22.8 Å². The summed E-state index contributed by atoms with van der Waals surface area (Å²) >= 11 is 3.15. The van der Waals surface area contributed by atoms with Gasteiger partial charge >= 0.3 is 0 Å². The summed E-state index contributed by atoms with van der Waals surface area (Å²) in [5.41, 5.74) is 0. The minimum absolute atomic E-state index is 0.453. The third kappa shape index (κ3) is 3.64. The molecule has 0 aliphatic rings. The molecule has 2 aromatic rings. The number of sulfonamides is 1. The number of nitrogens with zero attached hydrogens (tertiary/aromatic N) is 1. The molecule has 0 spiro atoms. The zero-order valence-electron chi connectivity index (χ0n) is 9.37.